The molecule has 1 heteroatoms. The monoisotopic (exact) mass is 248 g/mol. The van der Waals surface area contributed by atoms with Crippen LogP contribution in [0.25, 0.3) is 0 Å². The van der Waals surface area contributed by atoms with Gasteiger partial charge in [0.05, 0.1) is 6.61 Å². The average Bonchev–Trinajstić information content (AvgIpc) is 2.38. The van der Waals surface area contributed by atoms with Crippen LogP contribution in [0.1, 0.15) is 58.9 Å². The first-order valence-electron chi connectivity index (χ1n) is 7.29. The van der Waals surface area contributed by atoms with Crippen LogP contribution in [0.15, 0.2) is 24.3 Å². The van der Waals surface area contributed by atoms with Crippen molar-refractivity contribution >= 4 is 0 Å². The predicted molar refractivity (Wildman–Crippen MR) is 79.2 cm³/mol. The Morgan fingerprint density at radius 2 is 1.67 bits per heavy atom. The zero-order valence-corrected chi connectivity index (χ0v) is 12.5. The van der Waals surface area contributed by atoms with Crippen molar-refractivity contribution in [3.63, 3.8) is 0 Å². The smallest absolute Gasteiger partial charge is 0.119 e. The SMILES string of the molecule is CCCCCc1ccc(OCC(C)(C)CC)cc1. The third kappa shape index (κ3) is 5.57. The van der Waals surface area contributed by atoms with Crippen molar-refractivity contribution in [3.8, 4) is 5.75 Å². The summed E-state index contributed by atoms with van der Waals surface area (Å²) in [6, 6.07) is 8.61. The quantitative estimate of drug-likeness (QED) is 0.572. The lowest BCUT2D eigenvalue weighted by atomic mass is 9.92. The molecule has 0 atom stereocenters. The van der Waals surface area contributed by atoms with Gasteiger partial charge in [-0.15, -0.1) is 0 Å². The van der Waals surface area contributed by atoms with Gasteiger partial charge in [0.25, 0.3) is 0 Å². The Morgan fingerprint density at radius 3 is 2.22 bits per heavy atom. The molecule has 102 valence electrons. The molecule has 0 bridgehead atoms. The number of hydrogen-bond acceptors (Lipinski definition) is 1. The van der Waals surface area contributed by atoms with Crippen LogP contribution in [0.2, 0.25) is 0 Å². The Morgan fingerprint density at radius 1 is 1.00 bits per heavy atom. The third-order valence-electron chi connectivity index (χ3n) is 3.58. The summed E-state index contributed by atoms with van der Waals surface area (Å²) in [6.45, 7) is 9.73. The molecule has 0 saturated carbocycles. The van der Waals surface area contributed by atoms with Gasteiger partial charge in [-0.25, -0.2) is 0 Å². The highest BCUT2D eigenvalue weighted by Crippen LogP contribution is 2.22. The van der Waals surface area contributed by atoms with Crippen LogP contribution in [0.4, 0.5) is 0 Å². The van der Waals surface area contributed by atoms with E-state index >= 15 is 0 Å². The Balaban J connectivity index is 2.40. The third-order valence-corrected chi connectivity index (χ3v) is 3.58. The molecule has 0 aromatic heterocycles. The fourth-order valence-corrected chi connectivity index (χ4v) is 1.71. The van der Waals surface area contributed by atoms with E-state index in [9.17, 15) is 0 Å². The molecule has 0 spiro atoms. The van der Waals surface area contributed by atoms with Crippen molar-refractivity contribution in [2.45, 2.75) is 59.8 Å². The van der Waals surface area contributed by atoms with Crippen LogP contribution in [0.5, 0.6) is 5.75 Å². The Hall–Kier alpha value is -0.980. The minimum Gasteiger partial charge on any atom is -0.493 e. The number of aryl methyl sites for hydroxylation is 1. The van der Waals surface area contributed by atoms with Crippen LogP contribution in [-0.2, 0) is 6.42 Å². The first kappa shape index (κ1) is 15.1. The van der Waals surface area contributed by atoms with E-state index in [1.165, 1.54) is 31.2 Å². The van der Waals surface area contributed by atoms with Gasteiger partial charge in [-0.2, -0.15) is 0 Å². The Bertz CT molecular complexity index is 324. The van der Waals surface area contributed by atoms with E-state index in [0.717, 1.165) is 18.8 Å². The van der Waals surface area contributed by atoms with E-state index in [-0.39, 0.29) is 5.41 Å². The van der Waals surface area contributed by atoms with E-state index in [2.05, 4.69) is 52.0 Å². The number of hydrogen-bond donors (Lipinski definition) is 0. The predicted octanol–water partition coefficient (Wildman–Crippen LogP) is 5.23. The summed E-state index contributed by atoms with van der Waals surface area (Å²) in [4.78, 5) is 0. The van der Waals surface area contributed by atoms with Crippen LogP contribution in [0, 0.1) is 5.41 Å². The highest BCUT2D eigenvalue weighted by Gasteiger charge is 2.15. The van der Waals surface area contributed by atoms with Crippen LogP contribution in [0.3, 0.4) is 0 Å². The summed E-state index contributed by atoms with van der Waals surface area (Å²) >= 11 is 0. The Kier molecular flexibility index (Phi) is 6.24. The van der Waals surface area contributed by atoms with Crippen LogP contribution >= 0.6 is 0 Å². The summed E-state index contributed by atoms with van der Waals surface area (Å²) in [7, 11) is 0. The minimum atomic E-state index is 0.264. The fourth-order valence-electron chi connectivity index (χ4n) is 1.71. The summed E-state index contributed by atoms with van der Waals surface area (Å²) in [6.07, 6.45) is 6.23. The number of benzene rings is 1. The molecule has 0 saturated heterocycles. The molecule has 0 amide bonds. The molecule has 1 aromatic carbocycles. The standard InChI is InChI=1S/C17H28O/c1-5-7-8-9-15-10-12-16(13-11-15)18-14-17(3,4)6-2/h10-13H,5-9,14H2,1-4H3. The zero-order valence-electron chi connectivity index (χ0n) is 12.5. The number of ether oxygens (including phenoxy) is 1. The molecule has 1 nitrogen and oxygen atoms in total. The molecule has 0 aliphatic carbocycles. The fraction of sp³-hybridized carbons (Fsp3) is 0.647. The molecule has 18 heavy (non-hydrogen) atoms. The van der Waals surface area contributed by atoms with Crippen molar-refractivity contribution in [2.24, 2.45) is 5.41 Å². The van der Waals surface area contributed by atoms with Crippen molar-refractivity contribution in [1.29, 1.82) is 0 Å². The van der Waals surface area contributed by atoms with Crippen molar-refractivity contribution in [1.82, 2.24) is 0 Å². The van der Waals surface area contributed by atoms with Gasteiger partial charge >= 0.3 is 0 Å². The molecule has 0 aliphatic heterocycles. The molecule has 0 fully saturated rings. The van der Waals surface area contributed by atoms with Gasteiger partial charge in [0.15, 0.2) is 0 Å². The molecular weight excluding hydrogens is 220 g/mol. The van der Waals surface area contributed by atoms with Gasteiger partial charge < -0.3 is 4.74 Å². The molecule has 0 heterocycles. The van der Waals surface area contributed by atoms with Gasteiger partial charge in [0.1, 0.15) is 5.75 Å². The number of rotatable bonds is 8. The van der Waals surface area contributed by atoms with Gasteiger partial charge in [-0.05, 0) is 42.4 Å². The topological polar surface area (TPSA) is 9.23 Å². The first-order valence-corrected chi connectivity index (χ1v) is 7.29. The molecule has 0 N–H and O–H groups in total. The summed E-state index contributed by atoms with van der Waals surface area (Å²) in [5, 5.41) is 0. The van der Waals surface area contributed by atoms with Gasteiger partial charge in [0.2, 0.25) is 0 Å². The van der Waals surface area contributed by atoms with Crippen LogP contribution in [-0.4, -0.2) is 6.61 Å². The van der Waals surface area contributed by atoms with E-state index < -0.39 is 0 Å². The highest BCUT2D eigenvalue weighted by atomic mass is 16.5. The second kappa shape index (κ2) is 7.45. The average molecular weight is 248 g/mol. The Labute approximate surface area is 113 Å². The molecule has 0 unspecified atom stereocenters. The maximum absolute atomic E-state index is 5.84. The van der Waals surface area contributed by atoms with Crippen molar-refractivity contribution in [2.75, 3.05) is 6.61 Å². The lowest BCUT2D eigenvalue weighted by Crippen LogP contribution is -2.20. The largest absolute Gasteiger partial charge is 0.493 e. The second-order valence-electron chi connectivity index (χ2n) is 5.91. The normalized spacial score (nSPS) is 11.6. The first-order chi connectivity index (χ1) is 8.57. The maximum Gasteiger partial charge on any atom is 0.119 e. The second-order valence-corrected chi connectivity index (χ2v) is 5.91. The van der Waals surface area contributed by atoms with Crippen molar-refractivity contribution in [3.05, 3.63) is 29.8 Å². The molecule has 1 aromatic rings. The lowest BCUT2D eigenvalue weighted by molar-refractivity contribution is 0.175. The maximum atomic E-state index is 5.84. The molecular formula is C17H28O. The summed E-state index contributed by atoms with van der Waals surface area (Å²) in [5.41, 5.74) is 1.69. The van der Waals surface area contributed by atoms with Gasteiger partial charge in [0, 0.05) is 0 Å². The van der Waals surface area contributed by atoms with Crippen LogP contribution < -0.4 is 4.74 Å². The van der Waals surface area contributed by atoms with E-state index in [1.54, 1.807) is 0 Å². The molecule has 0 aliphatic rings. The van der Waals surface area contributed by atoms with E-state index in [0.29, 0.717) is 0 Å². The molecule has 1 rings (SSSR count). The van der Waals surface area contributed by atoms with E-state index in [1.807, 2.05) is 0 Å². The van der Waals surface area contributed by atoms with Crippen molar-refractivity contribution < 1.29 is 4.74 Å². The number of unbranched alkanes of at least 4 members (excludes halogenated alkanes) is 2. The van der Waals surface area contributed by atoms with Gasteiger partial charge in [-0.1, -0.05) is 52.7 Å². The van der Waals surface area contributed by atoms with Gasteiger partial charge in [-0.3, -0.25) is 0 Å². The lowest BCUT2D eigenvalue weighted by Gasteiger charge is -2.22. The van der Waals surface area contributed by atoms with E-state index in [4.69, 9.17) is 4.74 Å². The molecule has 0 radical (unpaired) electrons. The zero-order chi connectivity index (χ0) is 13.4. The summed E-state index contributed by atoms with van der Waals surface area (Å²) in [5.74, 6) is 0.996. The minimum absolute atomic E-state index is 0.264. The highest BCUT2D eigenvalue weighted by molar-refractivity contribution is 5.27. The summed E-state index contributed by atoms with van der Waals surface area (Å²) < 4.78 is 5.84.